The van der Waals surface area contributed by atoms with E-state index in [2.05, 4.69) is 14.8 Å². The monoisotopic (exact) mass is 284 g/mol. The number of hydrogen-bond acceptors (Lipinski definition) is 6. The molecule has 0 bridgehead atoms. The number of carbonyl (C=O) groups is 1. The van der Waals surface area contributed by atoms with E-state index < -0.39 is 19.4 Å². The summed E-state index contributed by atoms with van der Waals surface area (Å²) >= 11 is 0. The highest BCUT2D eigenvalue weighted by molar-refractivity contribution is 7.76. The van der Waals surface area contributed by atoms with Gasteiger partial charge in [-0.25, -0.2) is 4.79 Å². The van der Waals surface area contributed by atoms with Crippen molar-refractivity contribution >= 4 is 30.5 Å². The predicted octanol–water partition coefficient (Wildman–Crippen LogP) is 2.37. The van der Waals surface area contributed by atoms with E-state index in [-0.39, 0.29) is 5.69 Å². The van der Waals surface area contributed by atoms with Crippen molar-refractivity contribution in [2.75, 3.05) is 18.8 Å². The Kier molecular flexibility index (Phi) is 5.15. The van der Waals surface area contributed by atoms with Gasteiger partial charge < -0.3 is 14.9 Å². The highest BCUT2D eigenvalue weighted by Crippen LogP contribution is 2.46. The lowest BCUT2D eigenvalue weighted by Crippen LogP contribution is -2.13. The summed E-state index contributed by atoms with van der Waals surface area (Å²) in [6.07, 6.45) is 0.512. The maximum absolute atomic E-state index is 11.8. The summed E-state index contributed by atoms with van der Waals surface area (Å²) in [5.41, 5.74) is 0.417. The Bertz CT molecular complexity index is 572. The number of aliphatic imine (C=N–C) groups is 1. The quantitative estimate of drug-likeness (QED) is 0.490. The summed E-state index contributed by atoms with van der Waals surface area (Å²) in [6, 6.07) is 4.60. The summed E-state index contributed by atoms with van der Waals surface area (Å²) in [5, 5.41) is 11.2. The molecule has 19 heavy (non-hydrogen) atoms. The van der Waals surface area contributed by atoms with Crippen LogP contribution in [0, 0.1) is 6.92 Å². The maximum atomic E-state index is 11.8. The zero-order chi connectivity index (χ0) is 14.5. The van der Waals surface area contributed by atoms with E-state index >= 15 is 0 Å². The van der Waals surface area contributed by atoms with Crippen molar-refractivity contribution in [3.8, 4) is 0 Å². The fraction of sp³-hybridized carbons (Fsp3) is 0.273. The number of benzene rings is 1. The molecule has 2 N–H and O–H groups in total. The summed E-state index contributed by atoms with van der Waals surface area (Å²) in [7, 11) is -2.71. The number of amides is 1. The van der Waals surface area contributed by atoms with Crippen molar-refractivity contribution in [1.29, 1.82) is 0 Å². The van der Waals surface area contributed by atoms with Gasteiger partial charge in [0.15, 0.2) is 0 Å². The second-order valence-electron chi connectivity index (χ2n) is 3.63. The van der Waals surface area contributed by atoms with E-state index in [1.807, 2.05) is 0 Å². The third kappa shape index (κ3) is 3.59. The number of hydrogen-bond donors (Lipinski definition) is 2. The van der Waals surface area contributed by atoms with Gasteiger partial charge in [-0.2, -0.15) is 4.99 Å². The molecule has 0 aliphatic heterocycles. The summed E-state index contributed by atoms with van der Waals surface area (Å²) in [5.74, 6) is 0. The number of isocyanates is 1. The van der Waals surface area contributed by atoms with Crippen LogP contribution in [0.2, 0.25) is 0 Å². The van der Waals surface area contributed by atoms with Gasteiger partial charge >= 0.3 is 13.0 Å². The second-order valence-corrected chi connectivity index (χ2v) is 6.03. The van der Waals surface area contributed by atoms with Gasteiger partial charge in [0.2, 0.25) is 6.08 Å². The molecule has 1 rings (SSSR count). The molecule has 0 saturated heterocycles. The zero-order valence-corrected chi connectivity index (χ0v) is 11.3. The van der Waals surface area contributed by atoms with Gasteiger partial charge in [0, 0.05) is 12.8 Å². The van der Waals surface area contributed by atoms with Crippen molar-refractivity contribution in [2.24, 2.45) is 4.99 Å². The van der Waals surface area contributed by atoms with Crippen LogP contribution in [0.5, 0.6) is 0 Å². The maximum Gasteiger partial charge on any atom is 0.312 e. The summed E-state index contributed by atoms with van der Waals surface area (Å²) < 4.78 is 16.3. The fourth-order valence-electron chi connectivity index (χ4n) is 1.27. The largest absolute Gasteiger partial charge is 0.386 e. The van der Waals surface area contributed by atoms with Crippen LogP contribution in [0.4, 0.5) is 16.2 Å². The molecule has 0 saturated carbocycles. The molecule has 7 nitrogen and oxygen atoms in total. The number of aryl methyl sites for hydroxylation is 1. The predicted molar refractivity (Wildman–Crippen MR) is 69.7 cm³/mol. The minimum Gasteiger partial charge on any atom is -0.386 e. The molecular formula is C11H13N2O5P. The third-order valence-electron chi connectivity index (χ3n) is 2.42. The lowest BCUT2D eigenvalue weighted by molar-refractivity contribution is 0.257. The van der Waals surface area contributed by atoms with Gasteiger partial charge in [0.05, 0.1) is 5.69 Å². The van der Waals surface area contributed by atoms with Crippen molar-refractivity contribution in [3.05, 3.63) is 23.8 Å². The highest BCUT2D eigenvalue weighted by Gasteiger charge is 2.31. The normalized spacial score (nSPS) is 13.2. The van der Waals surface area contributed by atoms with E-state index in [1.54, 1.807) is 19.1 Å². The minimum atomic E-state index is -3.78. The van der Waals surface area contributed by atoms with Crippen LogP contribution in [0.15, 0.2) is 23.2 Å². The SMILES string of the molecule is COP(=O)(CO)C(=O)Nc1ccc(C)c(N=C=O)c1. The second kappa shape index (κ2) is 6.41. The van der Waals surface area contributed by atoms with Crippen molar-refractivity contribution in [2.45, 2.75) is 6.92 Å². The van der Waals surface area contributed by atoms with E-state index in [0.717, 1.165) is 12.7 Å². The first kappa shape index (κ1) is 15.3. The number of aliphatic hydroxyl groups excluding tert-OH is 1. The molecule has 102 valence electrons. The van der Waals surface area contributed by atoms with Gasteiger partial charge in [-0.05, 0) is 24.6 Å². The Morgan fingerprint density at radius 3 is 2.79 bits per heavy atom. The van der Waals surface area contributed by atoms with Crippen LogP contribution in [0.25, 0.3) is 0 Å². The van der Waals surface area contributed by atoms with Gasteiger partial charge in [-0.1, -0.05) is 6.07 Å². The topological polar surface area (TPSA) is 105 Å². The Balaban J connectivity index is 3.01. The molecule has 0 fully saturated rings. The molecule has 0 aliphatic rings. The Labute approximate surface area is 109 Å². The number of nitrogens with one attached hydrogen (secondary N) is 1. The number of anilines is 1. The van der Waals surface area contributed by atoms with E-state index in [9.17, 15) is 14.2 Å². The third-order valence-corrected chi connectivity index (χ3v) is 4.11. The molecule has 0 aliphatic carbocycles. The summed E-state index contributed by atoms with van der Waals surface area (Å²) in [6.45, 7) is 1.73. The van der Waals surface area contributed by atoms with Crippen molar-refractivity contribution in [1.82, 2.24) is 0 Å². The van der Waals surface area contributed by atoms with Crippen molar-refractivity contribution in [3.63, 3.8) is 0 Å². The first-order valence-electron chi connectivity index (χ1n) is 5.22. The highest BCUT2D eigenvalue weighted by atomic mass is 31.2. The van der Waals surface area contributed by atoms with Crippen LogP contribution < -0.4 is 5.32 Å². The first-order chi connectivity index (χ1) is 8.96. The molecule has 0 heterocycles. The van der Waals surface area contributed by atoms with Gasteiger partial charge in [-0.3, -0.25) is 9.36 Å². The van der Waals surface area contributed by atoms with Gasteiger partial charge in [0.25, 0.3) is 0 Å². The fourth-order valence-corrected chi connectivity index (χ4v) is 1.98. The first-order valence-corrected chi connectivity index (χ1v) is 7.03. The van der Waals surface area contributed by atoms with E-state index in [4.69, 9.17) is 5.11 Å². The number of nitrogens with zero attached hydrogens (tertiary/aromatic N) is 1. The molecule has 0 spiro atoms. The Hall–Kier alpha value is -1.78. The van der Waals surface area contributed by atoms with Gasteiger partial charge in [0.1, 0.15) is 6.35 Å². The van der Waals surface area contributed by atoms with Crippen LogP contribution in [-0.2, 0) is 13.9 Å². The average Bonchev–Trinajstić information content (AvgIpc) is 2.41. The molecule has 0 aromatic heterocycles. The number of aliphatic hydroxyl groups is 1. The molecule has 1 atom stereocenters. The zero-order valence-electron chi connectivity index (χ0n) is 10.4. The molecule has 8 heteroatoms. The van der Waals surface area contributed by atoms with Crippen LogP contribution >= 0.6 is 7.37 Å². The molecule has 1 aromatic carbocycles. The van der Waals surface area contributed by atoms with E-state index in [0.29, 0.717) is 5.69 Å². The average molecular weight is 284 g/mol. The van der Waals surface area contributed by atoms with Gasteiger partial charge in [-0.15, -0.1) is 0 Å². The Morgan fingerprint density at radius 2 is 2.26 bits per heavy atom. The molecule has 1 amide bonds. The lowest BCUT2D eigenvalue weighted by atomic mass is 10.2. The molecule has 0 radical (unpaired) electrons. The number of carbonyl (C=O) groups excluding carboxylic acids is 2. The number of rotatable bonds is 5. The van der Waals surface area contributed by atoms with Crippen LogP contribution in [-0.4, -0.2) is 30.3 Å². The van der Waals surface area contributed by atoms with Crippen molar-refractivity contribution < 1.29 is 23.8 Å². The van der Waals surface area contributed by atoms with Crippen LogP contribution in [0.1, 0.15) is 5.56 Å². The standard InChI is InChI=1S/C11H13N2O5P/c1-8-3-4-9(5-10(8)12-6-14)13-11(16)19(17,7-15)18-2/h3-5,15H,7H2,1-2H3,(H,13,16). The summed E-state index contributed by atoms with van der Waals surface area (Å²) in [4.78, 5) is 25.4. The van der Waals surface area contributed by atoms with E-state index in [1.165, 1.54) is 12.1 Å². The van der Waals surface area contributed by atoms with Crippen LogP contribution in [0.3, 0.4) is 0 Å². The molecule has 1 unspecified atom stereocenters. The Morgan fingerprint density at radius 1 is 1.58 bits per heavy atom. The smallest absolute Gasteiger partial charge is 0.312 e. The molecular weight excluding hydrogens is 271 g/mol. The molecule has 1 aromatic rings. The lowest BCUT2D eigenvalue weighted by Gasteiger charge is -2.13. The minimum absolute atomic E-state index is 0.287.